The van der Waals surface area contributed by atoms with E-state index in [1.165, 1.54) is 0 Å². The predicted octanol–water partition coefficient (Wildman–Crippen LogP) is 3.59. The Morgan fingerprint density at radius 2 is 1.75 bits per heavy atom. The van der Waals surface area contributed by atoms with Crippen molar-refractivity contribution in [1.29, 1.82) is 0 Å². The summed E-state index contributed by atoms with van der Waals surface area (Å²) in [6.07, 6.45) is 5.00. The molecule has 0 bridgehead atoms. The quantitative estimate of drug-likeness (QED) is 0.441. The third-order valence-electron chi connectivity index (χ3n) is 5.12. The first-order chi connectivity index (χ1) is 15.4. The lowest BCUT2D eigenvalue weighted by molar-refractivity contribution is 0.562. The minimum Gasteiger partial charge on any atom is -0.378 e. The number of benzene rings is 1. The second-order valence-corrected chi connectivity index (χ2v) is 7.96. The summed E-state index contributed by atoms with van der Waals surface area (Å²) in [5.74, 6) is 1.21. The molecule has 9 heteroatoms. The van der Waals surface area contributed by atoms with Gasteiger partial charge in [0.05, 0.1) is 11.4 Å². The van der Waals surface area contributed by atoms with Crippen LogP contribution >= 0.6 is 0 Å². The van der Waals surface area contributed by atoms with Crippen LogP contribution in [-0.4, -0.2) is 57.3 Å². The smallest absolute Gasteiger partial charge is 0.235 e. The van der Waals surface area contributed by atoms with Crippen LogP contribution in [0.15, 0.2) is 57.8 Å². The molecule has 2 aromatic heterocycles. The van der Waals surface area contributed by atoms with Gasteiger partial charge in [-0.2, -0.15) is 10.1 Å². The van der Waals surface area contributed by atoms with E-state index in [2.05, 4.69) is 28.8 Å². The van der Waals surface area contributed by atoms with Gasteiger partial charge >= 0.3 is 0 Å². The Labute approximate surface area is 186 Å². The van der Waals surface area contributed by atoms with Gasteiger partial charge in [0, 0.05) is 32.2 Å². The molecule has 3 heterocycles. The van der Waals surface area contributed by atoms with E-state index in [1.807, 2.05) is 43.3 Å². The Hall–Kier alpha value is -3.97. The molecule has 162 valence electrons. The molecule has 1 aliphatic rings. The van der Waals surface area contributed by atoms with Gasteiger partial charge in [0.2, 0.25) is 6.08 Å². The van der Waals surface area contributed by atoms with Crippen LogP contribution in [0.5, 0.6) is 0 Å². The summed E-state index contributed by atoms with van der Waals surface area (Å²) in [4.78, 5) is 35.3. The number of imidazole rings is 1. The van der Waals surface area contributed by atoms with Gasteiger partial charge in [0.1, 0.15) is 23.2 Å². The van der Waals surface area contributed by atoms with Gasteiger partial charge < -0.3 is 4.90 Å². The van der Waals surface area contributed by atoms with Gasteiger partial charge in [-0.3, -0.25) is 0 Å². The lowest BCUT2D eigenvalue weighted by Gasteiger charge is -2.12. The Morgan fingerprint density at radius 1 is 1.06 bits per heavy atom. The molecule has 0 aliphatic carbocycles. The molecule has 4 rings (SSSR count). The first-order valence-corrected chi connectivity index (χ1v) is 10.3. The van der Waals surface area contributed by atoms with Crippen LogP contribution in [0.4, 0.5) is 11.4 Å². The fraction of sp³-hybridized carbons (Fsp3) is 0.304. The zero-order chi connectivity index (χ0) is 22.8. The van der Waals surface area contributed by atoms with E-state index in [0.29, 0.717) is 28.8 Å². The van der Waals surface area contributed by atoms with E-state index in [1.54, 1.807) is 36.1 Å². The zero-order valence-corrected chi connectivity index (χ0v) is 18.7. The van der Waals surface area contributed by atoms with Gasteiger partial charge in [0.15, 0.2) is 11.6 Å². The van der Waals surface area contributed by atoms with Crippen molar-refractivity contribution in [1.82, 2.24) is 19.6 Å². The second-order valence-electron chi connectivity index (χ2n) is 7.96. The Morgan fingerprint density at radius 3 is 2.34 bits per heavy atom. The van der Waals surface area contributed by atoms with E-state index < -0.39 is 6.04 Å². The van der Waals surface area contributed by atoms with Crippen molar-refractivity contribution in [3.05, 3.63) is 54.2 Å². The molecule has 9 nitrogen and oxygen atoms in total. The molecular formula is C23H24N8O. The number of carbonyl (C=O) groups excluding carboxylic acids is 1. The van der Waals surface area contributed by atoms with Crippen LogP contribution in [0.3, 0.4) is 0 Å². The summed E-state index contributed by atoms with van der Waals surface area (Å²) >= 11 is 0. The summed E-state index contributed by atoms with van der Waals surface area (Å²) in [6.45, 7) is 5.92. The molecule has 3 aromatic rings. The number of fused-ring (bicyclic) bond motifs is 1. The summed E-state index contributed by atoms with van der Waals surface area (Å²) in [5, 5.41) is 4.76. The SMILES string of the molecule is CC(N=C=O)C1=Nn2c(nc(-c3ncccn3)c2C(C)C)C1=Nc1ccc(N(C)C)cc1. The number of hydrogen-bond donors (Lipinski definition) is 0. The van der Waals surface area contributed by atoms with E-state index in [0.717, 1.165) is 17.1 Å². The Bertz CT molecular complexity index is 1230. The fourth-order valence-corrected chi connectivity index (χ4v) is 3.54. The minimum atomic E-state index is -0.509. The van der Waals surface area contributed by atoms with E-state index >= 15 is 0 Å². The number of aliphatic imine (C=N–C) groups is 2. The van der Waals surface area contributed by atoms with E-state index in [4.69, 9.17) is 15.1 Å². The summed E-state index contributed by atoms with van der Waals surface area (Å²) in [6, 6.07) is 9.11. The highest BCUT2D eigenvalue weighted by Gasteiger charge is 2.34. The van der Waals surface area contributed by atoms with E-state index in [-0.39, 0.29) is 5.92 Å². The Kier molecular flexibility index (Phi) is 5.75. The Balaban J connectivity index is 1.90. The lowest BCUT2D eigenvalue weighted by atomic mass is 10.1. The van der Waals surface area contributed by atoms with Crippen LogP contribution < -0.4 is 4.90 Å². The molecule has 0 N–H and O–H groups in total. The molecule has 1 aliphatic heterocycles. The molecule has 32 heavy (non-hydrogen) atoms. The standard InChI is InChI=1S/C23H24N8O/c1-14(2)21-20(22-24-11-6-12-25-22)28-23-19(18(29-31(21)23)15(3)26-13-32)27-16-7-9-17(10-8-16)30(4)5/h6-12,14-15H,1-5H3. The van der Waals surface area contributed by atoms with Gasteiger partial charge in [-0.1, -0.05) is 13.8 Å². The summed E-state index contributed by atoms with van der Waals surface area (Å²) in [7, 11) is 3.97. The third-order valence-corrected chi connectivity index (χ3v) is 5.12. The average molecular weight is 429 g/mol. The largest absolute Gasteiger partial charge is 0.378 e. The van der Waals surface area contributed by atoms with Crippen molar-refractivity contribution in [3.63, 3.8) is 0 Å². The maximum atomic E-state index is 10.9. The molecule has 1 atom stereocenters. The molecule has 0 fully saturated rings. The molecular weight excluding hydrogens is 404 g/mol. The van der Waals surface area contributed by atoms with Crippen molar-refractivity contribution in [3.8, 4) is 11.5 Å². The highest BCUT2D eigenvalue weighted by molar-refractivity contribution is 6.51. The average Bonchev–Trinajstić information content (AvgIpc) is 3.32. The van der Waals surface area contributed by atoms with Crippen molar-refractivity contribution in [2.45, 2.75) is 32.7 Å². The highest BCUT2D eigenvalue weighted by atomic mass is 16.1. The number of hydrogen-bond acceptors (Lipinski definition) is 8. The molecule has 0 radical (unpaired) electrons. The van der Waals surface area contributed by atoms with Gasteiger partial charge in [-0.25, -0.2) is 29.4 Å². The van der Waals surface area contributed by atoms with Crippen molar-refractivity contribution >= 4 is 28.9 Å². The summed E-state index contributed by atoms with van der Waals surface area (Å²) < 4.78 is 1.77. The number of aromatic nitrogens is 4. The molecule has 0 saturated carbocycles. The van der Waals surface area contributed by atoms with Gasteiger partial charge in [-0.15, -0.1) is 0 Å². The van der Waals surface area contributed by atoms with Crippen molar-refractivity contribution in [2.24, 2.45) is 15.1 Å². The van der Waals surface area contributed by atoms with Crippen LogP contribution in [-0.2, 0) is 4.79 Å². The predicted molar refractivity (Wildman–Crippen MR) is 125 cm³/mol. The number of nitrogens with zero attached hydrogens (tertiary/aromatic N) is 8. The first-order valence-electron chi connectivity index (χ1n) is 10.3. The maximum Gasteiger partial charge on any atom is 0.235 e. The van der Waals surface area contributed by atoms with Crippen LogP contribution in [0.2, 0.25) is 0 Å². The monoisotopic (exact) mass is 428 g/mol. The summed E-state index contributed by atoms with van der Waals surface area (Å²) in [5.41, 5.74) is 4.49. The van der Waals surface area contributed by atoms with Gasteiger partial charge in [0.25, 0.3) is 0 Å². The normalized spacial score (nSPS) is 14.8. The van der Waals surface area contributed by atoms with Crippen LogP contribution in [0.25, 0.3) is 11.5 Å². The van der Waals surface area contributed by atoms with Crippen molar-refractivity contribution in [2.75, 3.05) is 19.0 Å². The zero-order valence-electron chi connectivity index (χ0n) is 18.7. The van der Waals surface area contributed by atoms with Crippen LogP contribution in [0.1, 0.15) is 38.2 Å². The lowest BCUT2D eigenvalue weighted by Crippen LogP contribution is -2.23. The second kappa shape index (κ2) is 8.64. The highest BCUT2D eigenvalue weighted by Crippen LogP contribution is 2.32. The maximum absolute atomic E-state index is 10.9. The van der Waals surface area contributed by atoms with Crippen LogP contribution in [0, 0.1) is 0 Å². The third kappa shape index (κ3) is 3.86. The molecule has 0 amide bonds. The topological polar surface area (TPSA) is 101 Å². The molecule has 0 saturated heterocycles. The first kappa shape index (κ1) is 21.3. The number of rotatable bonds is 6. The van der Waals surface area contributed by atoms with Gasteiger partial charge in [-0.05, 0) is 43.2 Å². The number of isocyanates is 1. The minimum absolute atomic E-state index is 0.101. The molecule has 1 aromatic carbocycles. The molecule has 1 unspecified atom stereocenters. The fourth-order valence-electron chi connectivity index (χ4n) is 3.54. The van der Waals surface area contributed by atoms with E-state index in [9.17, 15) is 4.79 Å². The van der Waals surface area contributed by atoms with Crippen molar-refractivity contribution < 1.29 is 4.79 Å². The molecule has 0 spiro atoms. The number of anilines is 1.